The van der Waals surface area contributed by atoms with Gasteiger partial charge in [0.15, 0.2) is 0 Å². The number of carbonyl (C=O) groups is 2. The monoisotopic (exact) mass is 385 g/mol. The minimum Gasteiger partial charge on any atom is -0.372 e. The van der Waals surface area contributed by atoms with Gasteiger partial charge in [-0.2, -0.15) is 0 Å². The maximum Gasteiger partial charge on any atom is 0.313 e. The number of rotatable bonds is 4. The van der Waals surface area contributed by atoms with E-state index in [1.807, 2.05) is 24.3 Å². The number of benzene rings is 2. The topological polar surface area (TPSA) is 61.4 Å². The number of hydrogen-bond acceptors (Lipinski definition) is 3. The first-order chi connectivity index (χ1) is 13.0. The van der Waals surface area contributed by atoms with Crippen molar-refractivity contribution in [3.8, 4) is 0 Å². The zero-order valence-corrected chi connectivity index (χ0v) is 16.1. The third-order valence-electron chi connectivity index (χ3n) is 4.85. The van der Waals surface area contributed by atoms with E-state index < -0.39 is 11.8 Å². The van der Waals surface area contributed by atoms with Crippen LogP contribution in [-0.2, 0) is 16.1 Å². The second-order valence-electron chi connectivity index (χ2n) is 6.98. The van der Waals surface area contributed by atoms with Gasteiger partial charge in [-0.15, -0.1) is 0 Å². The lowest BCUT2D eigenvalue weighted by molar-refractivity contribution is -0.136. The number of halogens is 1. The first-order valence-corrected chi connectivity index (χ1v) is 9.57. The highest BCUT2D eigenvalue weighted by Gasteiger charge is 2.17. The molecule has 3 rings (SSSR count). The number of carbonyl (C=O) groups excluding carboxylic acids is 2. The van der Waals surface area contributed by atoms with Crippen LogP contribution in [-0.4, -0.2) is 24.9 Å². The van der Waals surface area contributed by atoms with E-state index in [1.54, 1.807) is 24.3 Å². The van der Waals surface area contributed by atoms with Gasteiger partial charge in [0.05, 0.1) is 0 Å². The fourth-order valence-electron chi connectivity index (χ4n) is 3.08. The zero-order chi connectivity index (χ0) is 19.2. The van der Waals surface area contributed by atoms with Crippen LogP contribution in [0.2, 0.25) is 5.02 Å². The highest BCUT2D eigenvalue weighted by molar-refractivity contribution is 6.39. The van der Waals surface area contributed by atoms with Gasteiger partial charge in [0.25, 0.3) is 0 Å². The van der Waals surface area contributed by atoms with Crippen LogP contribution in [0.4, 0.5) is 11.4 Å². The number of nitrogens with zero attached hydrogens (tertiary/aromatic N) is 1. The molecule has 1 saturated heterocycles. The van der Waals surface area contributed by atoms with E-state index in [1.165, 1.54) is 12.8 Å². The number of anilines is 2. The predicted octanol–water partition coefficient (Wildman–Crippen LogP) is 3.83. The second-order valence-corrected chi connectivity index (χ2v) is 7.42. The van der Waals surface area contributed by atoms with Crippen LogP contribution in [0.15, 0.2) is 48.5 Å². The van der Waals surface area contributed by atoms with Gasteiger partial charge in [-0.25, -0.2) is 0 Å². The van der Waals surface area contributed by atoms with Crippen LogP contribution in [0.25, 0.3) is 0 Å². The van der Waals surface area contributed by atoms with E-state index >= 15 is 0 Å². The molecule has 0 aromatic heterocycles. The molecule has 1 fully saturated rings. The molecule has 27 heavy (non-hydrogen) atoms. The van der Waals surface area contributed by atoms with Crippen LogP contribution < -0.4 is 15.5 Å². The Kier molecular flexibility index (Phi) is 6.35. The normalized spacial score (nSPS) is 14.7. The molecule has 2 aromatic carbocycles. The van der Waals surface area contributed by atoms with Gasteiger partial charge in [-0.3, -0.25) is 9.59 Å². The lowest BCUT2D eigenvalue weighted by Gasteiger charge is -2.32. The van der Waals surface area contributed by atoms with Crippen molar-refractivity contribution >= 4 is 34.8 Å². The quantitative estimate of drug-likeness (QED) is 0.786. The molecule has 5 nitrogen and oxygen atoms in total. The van der Waals surface area contributed by atoms with Gasteiger partial charge in [0.1, 0.15) is 0 Å². The van der Waals surface area contributed by atoms with E-state index in [-0.39, 0.29) is 6.54 Å². The smallest absolute Gasteiger partial charge is 0.313 e. The van der Waals surface area contributed by atoms with Crippen LogP contribution in [0.5, 0.6) is 0 Å². The Labute approximate surface area is 164 Å². The molecule has 1 heterocycles. The third-order valence-corrected chi connectivity index (χ3v) is 5.10. The van der Waals surface area contributed by atoms with Crippen molar-refractivity contribution in [2.24, 2.45) is 5.92 Å². The van der Waals surface area contributed by atoms with Crippen molar-refractivity contribution in [2.75, 3.05) is 23.3 Å². The SMILES string of the molecule is CC1CCN(c2ccc(NC(=O)C(=O)NCc3ccc(Cl)cc3)cc2)CC1. The molecule has 1 aliphatic rings. The minimum atomic E-state index is -0.677. The average Bonchev–Trinajstić information content (AvgIpc) is 2.68. The standard InChI is InChI=1S/C21H24ClN3O2/c1-15-10-12-25(13-11-15)19-8-6-18(7-9-19)24-21(27)20(26)23-14-16-2-4-17(22)5-3-16/h2-9,15H,10-14H2,1H3,(H,23,26)(H,24,27). The Balaban J connectivity index is 1.49. The Bertz CT molecular complexity index is 782. The average molecular weight is 386 g/mol. The molecule has 0 saturated carbocycles. The highest BCUT2D eigenvalue weighted by atomic mass is 35.5. The highest BCUT2D eigenvalue weighted by Crippen LogP contribution is 2.24. The molecule has 2 amide bonds. The molecular weight excluding hydrogens is 362 g/mol. The summed E-state index contributed by atoms with van der Waals surface area (Å²) in [7, 11) is 0. The van der Waals surface area contributed by atoms with Gasteiger partial charge in [0.2, 0.25) is 0 Å². The molecule has 0 spiro atoms. The van der Waals surface area contributed by atoms with E-state index in [0.29, 0.717) is 10.7 Å². The van der Waals surface area contributed by atoms with Gasteiger partial charge >= 0.3 is 11.8 Å². The number of nitrogens with one attached hydrogen (secondary N) is 2. The maximum atomic E-state index is 12.1. The van der Waals surface area contributed by atoms with Crippen molar-refractivity contribution in [2.45, 2.75) is 26.3 Å². The van der Waals surface area contributed by atoms with Gasteiger partial charge in [-0.1, -0.05) is 30.7 Å². The summed E-state index contributed by atoms with van der Waals surface area (Å²) in [6.07, 6.45) is 2.40. The molecule has 0 unspecified atom stereocenters. The first-order valence-electron chi connectivity index (χ1n) is 9.20. The van der Waals surface area contributed by atoms with Crippen LogP contribution in [0.1, 0.15) is 25.3 Å². The Morgan fingerprint density at radius 3 is 2.26 bits per heavy atom. The Hall–Kier alpha value is -2.53. The van der Waals surface area contributed by atoms with E-state index in [2.05, 4.69) is 22.5 Å². The summed E-state index contributed by atoms with van der Waals surface area (Å²) in [6, 6.07) is 14.7. The summed E-state index contributed by atoms with van der Waals surface area (Å²) in [5.41, 5.74) is 2.63. The molecule has 142 valence electrons. The van der Waals surface area contributed by atoms with Crippen molar-refractivity contribution in [1.82, 2.24) is 5.32 Å². The summed E-state index contributed by atoms with van der Waals surface area (Å²) in [5.74, 6) is -0.561. The van der Waals surface area contributed by atoms with Crippen LogP contribution in [0.3, 0.4) is 0 Å². The van der Waals surface area contributed by atoms with Crippen LogP contribution in [0, 0.1) is 5.92 Å². The van der Waals surface area contributed by atoms with E-state index in [0.717, 1.165) is 30.3 Å². The third kappa shape index (κ3) is 5.47. The predicted molar refractivity (Wildman–Crippen MR) is 109 cm³/mol. The molecule has 1 aliphatic heterocycles. The lowest BCUT2D eigenvalue weighted by atomic mass is 9.99. The van der Waals surface area contributed by atoms with Crippen molar-refractivity contribution in [3.63, 3.8) is 0 Å². The summed E-state index contributed by atoms with van der Waals surface area (Å²) in [6.45, 7) is 4.67. The van der Waals surface area contributed by atoms with Crippen molar-refractivity contribution in [3.05, 3.63) is 59.1 Å². The molecule has 2 N–H and O–H groups in total. The minimum absolute atomic E-state index is 0.274. The molecule has 0 radical (unpaired) electrons. The maximum absolute atomic E-state index is 12.1. The van der Waals surface area contributed by atoms with Crippen molar-refractivity contribution in [1.29, 1.82) is 0 Å². The molecule has 0 atom stereocenters. The zero-order valence-electron chi connectivity index (χ0n) is 15.4. The van der Waals surface area contributed by atoms with Gasteiger partial charge < -0.3 is 15.5 Å². The van der Waals surface area contributed by atoms with Gasteiger partial charge in [0, 0.05) is 36.0 Å². The second kappa shape index (κ2) is 8.91. The summed E-state index contributed by atoms with van der Waals surface area (Å²) >= 11 is 5.83. The lowest BCUT2D eigenvalue weighted by Crippen LogP contribution is -2.35. The van der Waals surface area contributed by atoms with E-state index in [9.17, 15) is 9.59 Å². The summed E-state index contributed by atoms with van der Waals surface area (Å²) in [4.78, 5) is 26.4. The molecule has 0 aliphatic carbocycles. The van der Waals surface area contributed by atoms with Crippen LogP contribution >= 0.6 is 11.6 Å². The molecule has 2 aromatic rings. The summed E-state index contributed by atoms with van der Waals surface area (Å²) < 4.78 is 0. The first kappa shape index (κ1) is 19.2. The Morgan fingerprint density at radius 2 is 1.63 bits per heavy atom. The fourth-order valence-corrected chi connectivity index (χ4v) is 3.20. The van der Waals surface area contributed by atoms with Gasteiger partial charge in [-0.05, 0) is 60.7 Å². The Morgan fingerprint density at radius 1 is 1.00 bits per heavy atom. The molecule has 6 heteroatoms. The summed E-state index contributed by atoms with van der Waals surface area (Å²) in [5, 5.41) is 5.87. The van der Waals surface area contributed by atoms with E-state index in [4.69, 9.17) is 11.6 Å². The number of amides is 2. The molecular formula is C21H24ClN3O2. The molecule has 0 bridgehead atoms. The largest absolute Gasteiger partial charge is 0.372 e. The number of hydrogen-bond donors (Lipinski definition) is 2. The van der Waals surface area contributed by atoms with Crippen molar-refractivity contribution < 1.29 is 9.59 Å². The number of piperidine rings is 1. The fraction of sp³-hybridized carbons (Fsp3) is 0.333.